The molecule has 2 aromatic rings. The Balaban J connectivity index is 1.87. The largest absolute Gasteiger partial charge is 0.342 e. The first kappa shape index (κ1) is 24.8. The molecule has 0 N–H and O–H groups in total. The maximum Gasteiger partial charge on any atom is 0.273 e. The van der Waals surface area contributed by atoms with Crippen LogP contribution in [0.5, 0.6) is 0 Å². The van der Waals surface area contributed by atoms with Gasteiger partial charge in [-0.25, -0.2) is 4.39 Å². The number of rotatable bonds is 9. The van der Waals surface area contributed by atoms with Crippen LogP contribution in [0.1, 0.15) is 44.7 Å². The molecule has 0 aromatic heterocycles. The molecule has 0 radical (unpaired) electrons. The Kier molecular flexibility index (Phi) is 8.19. The van der Waals surface area contributed by atoms with Crippen molar-refractivity contribution in [2.24, 2.45) is 17.8 Å². The van der Waals surface area contributed by atoms with Crippen LogP contribution in [0.4, 0.5) is 10.1 Å². The normalized spacial score (nSPS) is 18.8. The molecule has 0 spiro atoms. The van der Waals surface area contributed by atoms with E-state index in [9.17, 15) is 19.3 Å². The molecule has 0 unspecified atom stereocenters. The smallest absolute Gasteiger partial charge is 0.273 e. The van der Waals surface area contributed by atoms with E-state index in [1.54, 1.807) is 24.3 Å². The van der Waals surface area contributed by atoms with Gasteiger partial charge in [-0.3, -0.25) is 19.8 Å². The lowest BCUT2D eigenvalue weighted by Gasteiger charge is -2.31. The van der Waals surface area contributed by atoms with Gasteiger partial charge >= 0.3 is 0 Å². The van der Waals surface area contributed by atoms with Gasteiger partial charge in [0.15, 0.2) is 0 Å². The summed E-state index contributed by atoms with van der Waals surface area (Å²) in [4.78, 5) is 28.2. The van der Waals surface area contributed by atoms with E-state index in [1.165, 1.54) is 12.1 Å². The summed E-state index contributed by atoms with van der Waals surface area (Å²) in [5, 5.41) is 11.5. The van der Waals surface area contributed by atoms with Crippen molar-refractivity contribution in [3.05, 3.63) is 75.6 Å². The SMILES string of the molecule is CC(C)CN(C[C@@H]1CN(Cc2ccccc2[N+](=O)[O-])C[C@@H]1c1cccc(F)c1)C(=O)C(C)C. The van der Waals surface area contributed by atoms with Crippen LogP contribution in [-0.2, 0) is 11.3 Å². The molecule has 1 heterocycles. The number of carbonyl (C=O) groups excluding carboxylic acids is 1. The number of likely N-dealkylation sites (tertiary alicyclic amines) is 1. The summed E-state index contributed by atoms with van der Waals surface area (Å²) in [6.45, 7) is 11.1. The van der Waals surface area contributed by atoms with E-state index in [-0.39, 0.29) is 40.1 Å². The quantitative estimate of drug-likeness (QED) is 0.390. The first-order valence-electron chi connectivity index (χ1n) is 11.6. The van der Waals surface area contributed by atoms with Gasteiger partial charge in [-0.2, -0.15) is 0 Å². The molecular weight excluding hydrogens is 421 g/mol. The second-order valence-electron chi connectivity index (χ2n) is 9.79. The van der Waals surface area contributed by atoms with Crippen LogP contribution in [0.2, 0.25) is 0 Å². The molecule has 1 aliphatic rings. The van der Waals surface area contributed by atoms with Gasteiger partial charge in [0.2, 0.25) is 5.91 Å². The van der Waals surface area contributed by atoms with Crippen LogP contribution >= 0.6 is 0 Å². The predicted molar refractivity (Wildman–Crippen MR) is 127 cm³/mol. The molecule has 1 amide bonds. The molecule has 0 saturated carbocycles. The van der Waals surface area contributed by atoms with E-state index in [0.717, 1.165) is 5.56 Å². The standard InChI is InChI=1S/C26H34FN3O3/c1-18(2)13-29(26(31)19(3)4)16-22-15-28(14-21-8-5-6-11-25(21)30(32)33)17-24(22)20-9-7-10-23(27)12-20/h5-12,18-19,22,24H,13-17H2,1-4H3/t22-,24+/m0/s1. The summed E-state index contributed by atoms with van der Waals surface area (Å²) in [5.41, 5.74) is 1.68. The van der Waals surface area contributed by atoms with Crippen LogP contribution < -0.4 is 0 Å². The third-order valence-electron chi connectivity index (χ3n) is 6.22. The summed E-state index contributed by atoms with van der Waals surface area (Å²) in [6, 6.07) is 13.5. The van der Waals surface area contributed by atoms with Crippen molar-refractivity contribution in [1.29, 1.82) is 0 Å². The molecule has 1 aliphatic heterocycles. The maximum absolute atomic E-state index is 14.0. The highest BCUT2D eigenvalue weighted by atomic mass is 19.1. The van der Waals surface area contributed by atoms with Crippen molar-refractivity contribution in [3.8, 4) is 0 Å². The molecule has 1 saturated heterocycles. The average molecular weight is 456 g/mol. The van der Waals surface area contributed by atoms with Crippen molar-refractivity contribution in [2.75, 3.05) is 26.2 Å². The second kappa shape index (κ2) is 10.9. The molecule has 178 valence electrons. The lowest BCUT2D eigenvalue weighted by atomic mass is 9.88. The molecule has 1 fully saturated rings. The number of benzene rings is 2. The van der Waals surface area contributed by atoms with Crippen molar-refractivity contribution in [2.45, 2.75) is 40.2 Å². The number of nitro benzene ring substituents is 1. The Labute approximate surface area is 195 Å². The van der Waals surface area contributed by atoms with Gasteiger partial charge in [0, 0.05) is 56.2 Å². The minimum absolute atomic E-state index is 0.0399. The van der Waals surface area contributed by atoms with Crippen molar-refractivity contribution in [1.82, 2.24) is 9.80 Å². The molecule has 3 rings (SSSR count). The number of nitrogens with zero attached hydrogens (tertiary/aromatic N) is 3. The van der Waals surface area contributed by atoms with E-state index in [1.807, 2.05) is 30.9 Å². The summed E-state index contributed by atoms with van der Waals surface area (Å²) < 4.78 is 14.0. The number of nitro groups is 1. The number of amides is 1. The fourth-order valence-electron chi connectivity index (χ4n) is 4.80. The van der Waals surface area contributed by atoms with Crippen molar-refractivity contribution < 1.29 is 14.1 Å². The summed E-state index contributed by atoms with van der Waals surface area (Å²) >= 11 is 0. The zero-order valence-corrected chi connectivity index (χ0v) is 19.9. The number of hydrogen-bond donors (Lipinski definition) is 0. The number of halogens is 1. The van der Waals surface area contributed by atoms with Crippen LogP contribution in [0.25, 0.3) is 0 Å². The molecule has 33 heavy (non-hydrogen) atoms. The van der Waals surface area contributed by atoms with E-state index < -0.39 is 0 Å². The Bertz CT molecular complexity index is 979. The highest BCUT2D eigenvalue weighted by molar-refractivity contribution is 5.78. The van der Waals surface area contributed by atoms with Crippen molar-refractivity contribution >= 4 is 11.6 Å². The Morgan fingerprint density at radius 2 is 1.88 bits per heavy atom. The lowest BCUT2D eigenvalue weighted by molar-refractivity contribution is -0.385. The monoisotopic (exact) mass is 455 g/mol. The van der Waals surface area contributed by atoms with E-state index >= 15 is 0 Å². The minimum atomic E-state index is -0.349. The Hall–Kier alpha value is -2.80. The zero-order valence-electron chi connectivity index (χ0n) is 19.9. The molecule has 2 atom stereocenters. The van der Waals surface area contributed by atoms with Gasteiger partial charge in [-0.05, 0) is 29.5 Å². The third kappa shape index (κ3) is 6.38. The van der Waals surface area contributed by atoms with E-state index in [0.29, 0.717) is 44.2 Å². The summed E-state index contributed by atoms with van der Waals surface area (Å²) in [5.74, 6) is 0.235. The van der Waals surface area contributed by atoms with Gasteiger partial charge in [-0.15, -0.1) is 0 Å². The molecular formula is C26H34FN3O3. The molecule has 2 aromatic carbocycles. The fourth-order valence-corrected chi connectivity index (χ4v) is 4.80. The van der Waals surface area contributed by atoms with Crippen LogP contribution in [0.15, 0.2) is 48.5 Å². The van der Waals surface area contributed by atoms with Gasteiger partial charge in [-0.1, -0.05) is 58.0 Å². The third-order valence-corrected chi connectivity index (χ3v) is 6.22. The molecule has 0 aliphatic carbocycles. The number of carbonyl (C=O) groups is 1. The predicted octanol–water partition coefficient (Wildman–Crippen LogP) is 5.09. The maximum atomic E-state index is 14.0. The lowest BCUT2D eigenvalue weighted by Crippen LogP contribution is -2.41. The fraction of sp³-hybridized carbons (Fsp3) is 0.500. The van der Waals surface area contributed by atoms with Crippen molar-refractivity contribution in [3.63, 3.8) is 0 Å². The molecule has 6 nitrogen and oxygen atoms in total. The average Bonchev–Trinajstić information content (AvgIpc) is 3.14. The first-order chi connectivity index (χ1) is 15.7. The second-order valence-corrected chi connectivity index (χ2v) is 9.79. The van der Waals surface area contributed by atoms with Crippen LogP contribution in [0.3, 0.4) is 0 Å². The molecule has 7 heteroatoms. The van der Waals surface area contributed by atoms with Gasteiger partial charge in [0.1, 0.15) is 5.82 Å². The topological polar surface area (TPSA) is 66.7 Å². The first-order valence-corrected chi connectivity index (χ1v) is 11.6. The number of hydrogen-bond acceptors (Lipinski definition) is 4. The molecule has 0 bridgehead atoms. The Morgan fingerprint density at radius 1 is 1.15 bits per heavy atom. The van der Waals surface area contributed by atoms with Gasteiger partial charge in [0.25, 0.3) is 5.69 Å². The van der Waals surface area contributed by atoms with Gasteiger partial charge < -0.3 is 4.90 Å². The Morgan fingerprint density at radius 3 is 2.52 bits per heavy atom. The van der Waals surface area contributed by atoms with Crippen LogP contribution in [0, 0.1) is 33.7 Å². The minimum Gasteiger partial charge on any atom is -0.342 e. The van der Waals surface area contributed by atoms with Crippen LogP contribution in [-0.4, -0.2) is 46.8 Å². The highest BCUT2D eigenvalue weighted by Crippen LogP contribution is 2.35. The number of para-hydroxylation sites is 1. The van der Waals surface area contributed by atoms with E-state index in [4.69, 9.17) is 0 Å². The van der Waals surface area contributed by atoms with E-state index in [2.05, 4.69) is 18.7 Å². The summed E-state index contributed by atoms with van der Waals surface area (Å²) in [6.07, 6.45) is 0. The highest BCUT2D eigenvalue weighted by Gasteiger charge is 2.37. The van der Waals surface area contributed by atoms with Gasteiger partial charge in [0.05, 0.1) is 4.92 Å². The zero-order chi connectivity index (χ0) is 24.1. The summed E-state index contributed by atoms with van der Waals surface area (Å²) in [7, 11) is 0.